The molecule has 0 heterocycles. The average molecular weight is 477 g/mol. The molecule has 0 saturated heterocycles. The number of hydrogen-bond acceptors (Lipinski definition) is 7. The predicted octanol–water partition coefficient (Wildman–Crippen LogP) is 4.83. The molecule has 0 aromatic heterocycles. The minimum absolute atomic E-state index is 0.174. The zero-order valence-corrected chi connectivity index (χ0v) is 20.0. The Hall–Kier alpha value is -4.59. The van der Waals surface area contributed by atoms with Crippen LogP contribution in [0.2, 0.25) is 0 Å². The van der Waals surface area contributed by atoms with Gasteiger partial charge >= 0.3 is 0 Å². The largest absolute Gasteiger partial charge is 0.503 e. The maximum absolute atomic E-state index is 12.5. The van der Waals surface area contributed by atoms with Crippen LogP contribution in [0, 0.1) is 0 Å². The number of methoxy groups -OCH3 is 4. The molecular weight excluding hydrogens is 448 g/mol. The summed E-state index contributed by atoms with van der Waals surface area (Å²) in [5.41, 5.74) is 8.83. The molecule has 3 rings (SSSR count). The van der Waals surface area contributed by atoms with Crippen LogP contribution in [0.25, 0.3) is 18.2 Å². The monoisotopic (exact) mass is 476 g/mol. The number of anilines is 2. The highest BCUT2D eigenvalue weighted by atomic mass is 16.5. The third-order valence-electron chi connectivity index (χ3n) is 5.09. The normalized spacial score (nSPS) is 11.0. The maximum Gasteiger partial charge on any atom is 0.248 e. The van der Waals surface area contributed by atoms with Crippen LogP contribution in [0.5, 0.6) is 28.7 Å². The predicted molar refractivity (Wildman–Crippen MR) is 138 cm³/mol. The van der Waals surface area contributed by atoms with Crippen molar-refractivity contribution in [2.24, 2.45) is 0 Å². The van der Waals surface area contributed by atoms with Gasteiger partial charge < -0.3 is 35.1 Å². The number of phenolic OH excluding ortho intramolecular Hbond substituents is 1. The standard InChI is InChI=1S/C27H28N2O6/c1-32-22-14-18(5-6-19-15-23(33-2)27(35-4)24(16-19)34-3)13-21(26(22)31)29-25(30)12-9-17-7-10-20(28)11-8-17/h5-16,31H,28H2,1-4H3,(H,29,30)/b6-5?,12-9+. The molecule has 35 heavy (non-hydrogen) atoms. The number of aromatic hydroxyl groups is 1. The summed E-state index contributed by atoms with van der Waals surface area (Å²) in [5.74, 6) is 1.17. The summed E-state index contributed by atoms with van der Waals surface area (Å²) in [6, 6.07) is 14.0. The summed E-state index contributed by atoms with van der Waals surface area (Å²) >= 11 is 0. The fraction of sp³-hybridized carbons (Fsp3) is 0.148. The number of ether oxygens (including phenoxy) is 4. The number of nitrogens with two attached hydrogens (primary N) is 1. The van der Waals surface area contributed by atoms with Gasteiger partial charge in [0.1, 0.15) is 0 Å². The Labute approximate surface area is 204 Å². The highest BCUT2D eigenvalue weighted by Gasteiger charge is 2.13. The summed E-state index contributed by atoms with van der Waals surface area (Å²) in [5, 5.41) is 13.2. The van der Waals surface area contributed by atoms with Gasteiger partial charge in [0.2, 0.25) is 11.7 Å². The van der Waals surface area contributed by atoms with Crippen LogP contribution < -0.4 is 30.0 Å². The first-order chi connectivity index (χ1) is 16.9. The van der Waals surface area contributed by atoms with E-state index in [0.717, 1.165) is 11.1 Å². The molecule has 8 heteroatoms. The molecular formula is C27H28N2O6. The van der Waals surface area contributed by atoms with E-state index in [1.165, 1.54) is 13.2 Å². The third-order valence-corrected chi connectivity index (χ3v) is 5.09. The van der Waals surface area contributed by atoms with Gasteiger partial charge in [-0.1, -0.05) is 24.3 Å². The van der Waals surface area contributed by atoms with Gasteiger partial charge in [-0.05, 0) is 59.2 Å². The van der Waals surface area contributed by atoms with Crippen LogP contribution in [0.15, 0.2) is 54.6 Å². The molecule has 0 aliphatic carbocycles. The van der Waals surface area contributed by atoms with E-state index < -0.39 is 5.91 Å². The number of hydrogen-bond donors (Lipinski definition) is 3. The van der Waals surface area contributed by atoms with Crippen molar-refractivity contribution < 1.29 is 28.8 Å². The Morgan fingerprint density at radius 2 is 1.31 bits per heavy atom. The van der Waals surface area contributed by atoms with Gasteiger partial charge in [-0.2, -0.15) is 0 Å². The Morgan fingerprint density at radius 1 is 0.771 bits per heavy atom. The van der Waals surface area contributed by atoms with E-state index >= 15 is 0 Å². The number of nitrogens with one attached hydrogen (secondary N) is 1. The summed E-state index contributed by atoms with van der Waals surface area (Å²) < 4.78 is 21.4. The van der Waals surface area contributed by atoms with Crippen LogP contribution in [0.4, 0.5) is 11.4 Å². The minimum Gasteiger partial charge on any atom is -0.503 e. The molecule has 0 fully saturated rings. The zero-order valence-electron chi connectivity index (χ0n) is 20.0. The van der Waals surface area contributed by atoms with Crippen molar-refractivity contribution in [3.8, 4) is 28.7 Å². The molecule has 182 valence electrons. The zero-order chi connectivity index (χ0) is 25.4. The number of nitrogen functional groups attached to an aromatic ring is 1. The van der Waals surface area contributed by atoms with Gasteiger partial charge in [0.25, 0.3) is 0 Å². The van der Waals surface area contributed by atoms with E-state index in [1.54, 1.807) is 75.9 Å². The Morgan fingerprint density at radius 3 is 1.86 bits per heavy atom. The second kappa shape index (κ2) is 11.5. The van der Waals surface area contributed by atoms with Crippen LogP contribution in [0.3, 0.4) is 0 Å². The maximum atomic E-state index is 12.5. The molecule has 0 saturated carbocycles. The molecule has 8 nitrogen and oxygen atoms in total. The number of carbonyl (C=O) groups is 1. The summed E-state index contributed by atoms with van der Waals surface area (Å²) in [4.78, 5) is 12.5. The van der Waals surface area contributed by atoms with Crippen LogP contribution in [0.1, 0.15) is 16.7 Å². The number of amides is 1. The Balaban J connectivity index is 1.86. The molecule has 0 aliphatic rings. The van der Waals surface area contributed by atoms with Crippen molar-refractivity contribution in [1.82, 2.24) is 0 Å². The van der Waals surface area contributed by atoms with Crippen molar-refractivity contribution in [2.75, 3.05) is 39.5 Å². The van der Waals surface area contributed by atoms with Crippen LogP contribution in [-0.4, -0.2) is 39.5 Å². The minimum atomic E-state index is -0.412. The number of benzene rings is 3. The molecule has 1 amide bonds. The van der Waals surface area contributed by atoms with Crippen LogP contribution in [-0.2, 0) is 4.79 Å². The lowest BCUT2D eigenvalue weighted by Gasteiger charge is -2.13. The Bertz CT molecular complexity index is 1220. The van der Waals surface area contributed by atoms with E-state index in [0.29, 0.717) is 28.5 Å². The average Bonchev–Trinajstić information content (AvgIpc) is 2.87. The highest BCUT2D eigenvalue weighted by Crippen LogP contribution is 2.39. The number of phenols is 1. The molecule has 0 aliphatic heterocycles. The lowest BCUT2D eigenvalue weighted by molar-refractivity contribution is -0.111. The van der Waals surface area contributed by atoms with E-state index in [-0.39, 0.29) is 17.2 Å². The van der Waals surface area contributed by atoms with Gasteiger partial charge in [0.15, 0.2) is 23.0 Å². The van der Waals surface area contributed by atoms with Crippen molar-refractivity contribution in [3.63, 3.8) is 0 Å². The fourth-order valence-electron chi connectivity index (χ4n) is 3.32. The lowest BCUT2D eigenvalue weighted by Crippen LogP contribution is -2.08. The molecule has 0 unspecified atom stereocenters. The van der Waals surface area contributed by atoms with E-state index in [9.17, 15) is 9.90 Å². The summed E-state index contributed by atoms with van der Waals surface area (Å²) in [6.07, 6.45) is 6.67. The Kier molecular flexibility index (Phi) is 8.24. The van der Waals surface area contributed by atoms with Gasteiger partial charge in [-0.15, -0.1) is 0 Å². The van der Waals surface area contributed by atoms with Gasteiger partial charge in [-0.25, -0.2) is 0 Å². The number of rotatable bonds is 9. The van der Waals surface area contributed by atoms with Crippen LogP contribution >= 0.6 is 0 Å². The quantitative estimate of drug-likeness (QED) is 0.175. The topological polar surface area (TPSA) is 112 Å². The molecule has 3 aromatic carbocycles. The first-order valence-electron chi connectivity index (χ1n) is 10.6. The van der Waals surface area contributed by atoms with Gasteiger partial charge in [0.05, 0.1) is 34.1 Å². The molecule has 0 radical (unpaired) electrons. The molecule has 0 bridgehead atoms. The van der Waals surface area contributed by atoms with E-state index in [4.69, 9.17) is 24.7 Å². The van der Waals surface area contributed by atoms with Crippen molar-refractivity contribution >= 4 is 35.5 Å². The van der Waals surface area contributed by atoms with Crippen molar-refractivity contribution in [2.45, 2.75) is 0 Å². The fourth-order valence-corrected chi connectivity index (χ4v) is 3.32. The van der Waals surface area contributed by atoms with E-state index in [2.05, 4.69) is 5.32 Å². The first kappa shape index (κ1) is 25.0. The van der Waals surface area contributed by atoms with Gasteiger partial charge in [0, 0.05) is 11.8 Å². The smallest absolute Gasteiger partial charge is 0.248 e. The first-order valence-corrected chi connectivity index (χ1v) is 10.6. The van der Waals surface area contributed by atoms with Crippen molar-refractivity contribution in [3.05, 3.63) is 71.3 Å². The van der Waals surface area contributed by atoms with Gasteiger partial charge in [-0.3, -0.25) is 4.79 Å². The second-order valence-electron chi connectivity index (χ2n) is 7.40. The summed E-state index contributed by atoms with van der Waals surface area (Å²) in [6.45, 7) is 0. The van der Waals surface area contributed by atoms with Crippen molar-refractivity contribution in [1.29, 1.82) is 0 Å². The highest BCUT2D eigenvalue weighted by molar-refractivity contribution is 6.03. The lowest BCUT2D eigenvalue weighted by atomic mass is 10.1. The molecule has 4 N–H and O–H groups in total. The summed E-state index contributed by atoms with van der Waals surface area (Å²) in [7, 11) is 6.08. The third kappa shape index (κ3) is 6.26. The molecule has 0 atom stereocenters. The molecule has 0 spiro atoms. The SMILES string of the molecule is COc1cc(C=Cc2cc(OC)c(OC)c(OC)c2)cc(NC(=O)/C=C/c2ccc(N)cc2)c1O. The molecule has 3 aromatic rings. The second-order valence-corrected chi connectivity index (χ2v) is 7.40. The van der Waals surface area contributed by atoms with E-state index in [1.807, 2.05) is 12.2 Å². The number of carbonyl (C=O) groups excluding carboxylic acids is 1.